The van der Waals surface area contributed by atoms with Gasteiger partial charge in [0.2, 0.25) is 5.78 Å². The van der Waals surface area contributed by atoms with Crippen molar-refractivity contribution >= 4 is 16.7 Å². The van der Waals surface area contributed by atoms with Crippen molar-refractivity contribution in [3.8, 4) is 6.07 Å². The van der Waals surface area contributed by atoms with Gasteiger partial charge in [-0.3, -0.25) is 18.6 Å². The number of hydrogen-bond donors (Lipinski definition) is 0. The van der Waals surface area contributed by atoms with Crippen LogP contribution in [0.5, 0.6) is 0 Å². The van der Waals surface area contributed by atoms with Crippen LogP contribution in [-0.4, -0.2) is 28.9 Å². The van der Waals surface area contributed by atoms with Crippen LogP contribution in [0.4, 0.5) is 0 Å². The van der Waals surface area contributed by atoms with Crippen LogP contribution in [0.1, 0.15) is 22.6 Å². The highest BCUT2D eigenvalue weighted by atomic mass is 16.1. The molecule has 27 heavy (non-hydrogen) atoms. The molecule has 3 aromatic heterocycles. The second kappa shape index (κ2) is 5.88. The third-order valence-corrected chi connectivity index (χ3v) is 4.73. The van der Waals surface area contributed by atoms with Gasteiger partial charge in [-0.25, -0.2) is 4.68 Å². The van der Waals surface area contributed by atoms with Gasteiger partial charge in [0.25, 0.3) is 11.1 Å². The van der Waals surface area contributed by atoms with Crippen molar-refractivity contribution in [3.05, 3.63) is 67.6 Å². The molecular formula is C18H15N7O2. The van der Waals surface area contributed by atoms with Crippen molar-refractivity contribution in [2.75, 3.05) is 0 Å². The van der Waals surface area contributed by atoms with Crippen LogP contribution in [0.2, 0.25) is 0 Å². The van der Waals surface area contributed by atoms with Crippen molar-refractivity contribution in [1.29, 1.82) is 5.26 Å². The second-order valence-electron chi connectivity index (χ2n) is 6.29. The summed E-state index contributed by atoms with van der Waals surface area (Å²) in [5.41, 5.74) is 1.22. The van der Waals surface area contributed by atoms with Crippen molar-refractivity contribution in [2.45, 2.75) is 20.4 Å². The first-order valence-electron chi connectivity index (χ1n) is 8.24. The molecule has 9 nitrogen and oxygen atoms in total. The van der Waals surface area contributed by atoms with Crippen molar-refractivity contribution in [1.82, 2.24) is 28.9 Å². The molecule has 4 aromatic rings. The van der Waals surface area contributed by atoms with Gasteiger partial charge >= 0.3 is 0 Å². The number of nitriles is 1. The molecule has 0 fully saturated rings. The van der Waals surface area contributed by atoms with E-state index in [1.807, 2.05) is 12.1 Å². The largest absolute Gasteiger partial charge is 0.285 e. The first-order valence-corrected chi connectivity index (χ1v) is 8.24. The van der Waals surface area contributed by atoms with Gasteiger partial charge in [-0.05, 0) is 31.5 Å². The highest BCUT2D eigenvalue weighted by Gasteiger charge is 2.17. The zero-order valence-corrected chi connectivity index (χ0v) is 15.0. The number of fused-ring (bicyclic) bond motifs is 3. The number of aromatic nitrogens is 6. The summed E-state index contributed by atoms with van der Waals surface area (Å²) < 4.78 is 4.35. The SMILES string of the molecule is Cc1nn(Cc2nnc3n(C)c(=O)c4ccccc4n23)c(=O)c(C#N)c1C. The highest BCUT2D eigenvalue weighted by Crippen LogP contribution is 2.14. The molecule has 0 amide bonds. The first-order chi connectivity index (χ1) is 12.9. The van der Waals surface area contributed by atoms with Crippen LogP contribution in [0.25, 0.3) is 16.7 Å². The van der Waals surface area contributed by atoms with Crippen molar-refractivity contribution in [2.24, 2.45) is 7.05 Å². The molecule has 9 heteroatoms. The maximum Gasteiger partial charge on any atom is 0.285 e. The minimum absolute atomic E-state index is 0.0258. The van der Waals surface area contributed by atoms with E-state index in [1.54, 1.807) is 43.5 Å². The van der Waals surface area contributed by atoms with Gasteiger partial charge < -0.3 is 0 Å². The normalized spacial score (nSPS) is 11.2. The fraction of sp³-hybridized carbons (Fsp3) is 0.222. The lowest BCUT2D eigenvalue weighted by Crippen LogP contribution is -2.29. The quantitative estimate of drug-likeness (QED) is 0.519. The molecule has 1 aromatic carbocycles. The van der Waals surface area contributed by atoms with Crippen molar-refractivity contribution < 1.29 is 0 Å². The summed E-state index contributed by atoms with van der Waals surface area (Å²) in [4.78, 5) is 25.1. The van der Waals surface area contributed by atoms with Crippen LogP contribution in [-0.2, 0) is 13.6 Å². The molecule has 0 bridgehead atoms. The van der Waals surface area contributed by atoms with Gasteiger partial charge in [-0.2, -0.15) is 10.4 Å². The Bertz CT molecular complexity index is 1390. The molecule has 3 heterocycles. The summed E-state index contributed by atoms with van der Waals surface area (Å²) in [6.07, 6.45) is 0. The van der Waals surface area contributed by atoms with Gasteiger partial charge in [-0.15, -0.1) is 10.2 Å². The lowest BCUT2D eigenvalue weighted by atomic mass is 10.1. The third kappa shape index (κ3) is 2.34. The van der Waals surface area contributed by atoms with E-state index in [9.17, 15) is 14.9 Å². The summed E-state index contributed by atoms with van der Waals surface area (Å²) in [6, 6.07) is 9.08. The summed E-state index contributed by atoms with van der Waals surface area (Å²) in [5.74, 6) is 0.810. The Morgan fingerprint density at radius 3 is 2.59 bits per heavy atom. The Kier molecular flexibility index (Phi) is 3.63. The molecule has 0 aliphatic heterocycles. The molecule has 0 N–H and O–H groups in total. The summed E-state index contributed by atoms with van der Waals surface area (Å²) in [7, 11) is 1.62. The van der Waals surface area contributed by atoms with Crippen LogP contribution >= 0.6 is 0 Å². The Morgan fingerprint density at radius 2 is 1.85 bits per heavy atom. The van der Waals surface area contributed by atoms with Crippen LogP contribution in [0.15, 0.2) is 33.9 Å². The molecule has 4 rings (SSSR count). The Balaban J connectivity index is 2.01. The average Bonchev–Trinajstić information content (AvgIpc) is 3.08. The van der Waals surface area contributed by atoms with Gasteiger partial charge in [0.05, 0.1) is 16.6 Å². The minimum Gasteiger partial charge on any atom is -0.279 e. The Hall–Kier alpha value is -3.80. The van der Waals surface area contributed by atoms with E-state index in [2.05, 4.69) is 15.3 Å². The number of benzene rings is 1. The molecule has 0 aliphatic carbocycles. The maximum absolute atomic E-state index is 12.6. The summed E-state index contributed by atoms with van der Waals surface area (Å²) in [5, 5.41) is 22.4. The van der Waals surface area contributed by atoms with E-state index in [4.69, 9.17) is 0 Å². The lowest BCUT2D eigenvalue weighted by molar-refractivity contribution is 0.598. The average molecular weight is 361 g/mol. The Labute approximate surface area is 152 Å². The monoisotopic (exact) mass is 361 g/mol. The number of rotatable bonds is 2. The van der Waals surface area contributed by atoms with E-state index in [0.29, 0.717) is 33.8 Å². The van der Waals surface area contributed by atoms with E-state index in [0.717, 1.165) is 0 Å². The fourth-order valence-electron chi connectivity index (χ4n) is 3.14. The zero-order valence-electron chi connectivity index (χ0n) is 15.0. The molecule has 0 saturated carbocycles. The second-order valence-corrected chi connectivity index (χ2v) is 6.29. The number of para-hydroxylation sites is 1. The molecule has 0 radical (unpaired) electrons. The molecule has 0 unspecified atom stereocenters. The van der Waals surface area contributed by atoms with Crippen LogP contribution < -0.4 is 11.1 Å². The fourth-order valence-corrected chi connectivity index (χ4v) is 3.14. The minimum atomic E-state index is -0.480. The Morgan fingerprint density at radius 1 is 1.11 bits per heavy atom. The van der Waals surface area contributed by atoms with E-state index in [-0.39, 0.29) is 17.7 Å². The van der Waals surface area contributed by atoms with Crippen LogP contribution in [0.3, 0.4) is 0 Å². The van der Waals surface area contributed by atoms with Gasteiger partial charge in [-0.1, -0.05) is 12.1 Å². The molecule has 0 atom stereocenters. The summed E-state index contributed by atoms with van der Waals surface area (Å²) >= 11 is 0. The maximum atomic E-state index is 12.6. The highest BCUT2D eigenvalue weighted by molar-refractivity contribution is 5.80. The molecule has 0 saturated heterocycles. The molecular weight excluding hydrogens is 346 g/mol. The molecule has 134 valence electrons. The van der Waals surface area contributed by atoms with Gasteiger partial charge in [0, 0.05) is 7.05 Å². The topological polar surface area (TPSA) is 111 Å². The predicted molar refractivity (Wildman–Crippen MR) is 97.5 cm³/mol. The summed E-state index contributed by atoms with van der Waals surface area (Å²) in [6.45, 7) is 3.47. The standard InChI is InChI=1S/C18H15N7O2/c1-10-11(2)22-24(17(27)13(10)8-19)9-15-20-21-18-23(3)16(26)12-6-4-5-7-14(12)25(15)18/h4-7H,9H2,1-3H3. The zero-order chi connectivity index (χ0) is 19.3. The number of aryl methyl sites for hydroxylation is 2. The van der Waals surface area contributed by atoms with Gasteiger partial charge in [0.1, 0.15) is 18.2 Å². The van der Waals surface area contributed by atoms with Crippen LogP contribution in [0, 0.1) is 25.2 Å². The number of hydrogen-bond acceptors (Lipinski definition) is 6. The van der Waals surface area contributed by atoms with E-state index in [1.165, 1.54) is 9.25 Å². The van der Waals surface area contributed by atoms with E-state index >= 15 is 0 Å². The van der Waals surface area contributed by atoms with E-state index < -0.39 is 5.56 Å². The first kappa shape index (κ1) is 16.7. The number of nitrogens with zero attached hydrogens (tertiary/aromatic N) is 7. The lowest BCUT2D eigenvalue weighted by Gasteiger charge is -2.10. The van der Waals surface area contributed by atoms with Gasteiger partial charge in [0.15, 0.2) is 5.82 Å². The molecule has 0 aliphatic rings. The predicted octanol–water partition coefficient (Wildman–Crippen LogP) is 0.675. The molecule has 0 spiro atoms. The smallest absolute Gasteiger partial charge is 0.279 e. The third-order valence-electron chi connectivity index (χ3n) is 4.73. The van der Waals surface area contributed by atoms with Crippen molar-refractivity contribution in [3.63, 3.8) is 0 Å².